The summed E-state index contributed by atoms with van der Waals surface area (Å²) in [5.74, 6) is -1.46. The van der Waals surface area contributed by atoms with E-state index in [2.05, 4.69) is 38.1 Å². The Labute approximate surface area is 199 Å². The van der Waals surface area contributed by atoms with E-state index in [1.165, 1.54) is 49.7 Å². The third-order valence-electron chi connectivity index (χ3n) is 6.52. The molecule has 0 saturated carbocycles. The van der Waals surface area contributed by atoms with Crippen molar-refractivity contribution in [2.75, 3.05) is 0 Å². The van der Waals surface area contributed by atoms with Crippen LogP contribution in [0.2, 0.25) is 0 Å². The van der Waals surface area contributed by atoms with Crippen molar-refractivity contribution < 1.29 is 8.78 Å². The first kappa shape index (κ1) is 25.1. The molecule has 0 unspecified atom stereocenters. The van der Waals surface area contributed by atoms with Crippen LogP contribution in [-0.4, -0.2) is 0 Å². The molecule has 0 spiro atoms. The van der Waals surface area contributed by atoms with Gasteiger partial charge in [-0.05, 0) is 66.3 Å². The zero-order chi connectivity index (χ0) is 23.5. The first-order valence-corrected chi connectivity index (χ1v) is 12.8. The maximum Gasteiger partial charge on any atom is 0.166 e. The molecule has 33 heavy (non-hydrogen) atoms. The van der Waals surface area contributed by atoms with Crippen LogP contribution in [0.4, 0.5) is 8.78 Å². The summed E-state index contributed by atoms with van der Waals surface area (Å²) in [5, 5.41) is 0. The lowest BCUT2D eigenvalue weighted by Gasteiger charge is -2.10. The topological polar surface area (TPSA) is 0 Å². The van der Waals surface area contributed by atoms with E-state index in [4.69, 9.17) is 0 Å². The monoisotopic (exact) mass is 448 g/mol. The molecule has 0 N–H and O–H groups in total. The largest absolute Gasteiger partial charge is 0.203 e. The molecule has 0 atom stereocenters. The van der Waals surface area contributed by atoms with E-state index in [0.29, 0.717) is 24.0 Å². The molecule has 0 aliphatic carbocycles. The van der Waals surface area contributed by atoms with Gasteiger partial charge in [0.15, 0.2) is 11.6 Å². The van der Waals surface area contributed by atoms with Crippen molar-refractivity contribution in [1.82, 2.24) is 0 Å². The Bertz CT molecular complexity index is 971. The molecular formula is C31H38F2. The summed E-state index contributed by atoms with van der Waals surface area (Å²) in [4.78, 5) is 0. The van der Waals surface area contributed by atoms with Gasteiger partial charge in [-0.1, -0.05) is 107 Å². The highest BCUT2D eigenvalue weighted by molar-refractivity contribution is 5.65. The summed E-state index contributed by atoms with van der Waals surface area (Å²) < 4.78 is 29.7. The van der Waals surface area contributed by atoms with E-state index < -0.39 is 11.6 Å². The standard InChI is InChI=1S/C31H38F2/c1-3-5-7-9-11-24-12-14-26(15-13-24)18-21-28-22-23-29(31(33)30(28)32)27-19-16-25(17-20-27)10-8-6-4-2/h12-17,19-20,22-23H,3-11,18,21H2,1-2H3. The average Bonchev–Trinajstić information content (AvgIpc) is 2.84. The Balaban J connectivity index is 1.59. The lowest BCUT2D eigenvalue weighted by Crippen LogP contribution is -2.00. The number of unbranched alkanes of at least 4 members (excludes halogenated alkanes) is 5. The highest BCUT2D eigenvalue weighted by Gasteiger charge is 2.15. The number of hydrogen-bond donors (Lipinski definition) is 0. The first-order valence-electron chi connectivity index (χ1n) is 12.8. The number of aryl methyl sites for hydroxylation is 4. The molecule has 0 saturated heterocycles. The van der Waals surface area contributed by atoms with Gasteiger partial charge in [0.1, 0.15) is 0 Å². The van der Waals surface area contributed by atoms with Crippen LogP contribution in [0, 0.1) is 11.6 Å². The van der Waals surface area contributed by atoms with Crippen LogP contribution < -0.4 is 0 Å². The van der Waals surface area contributed by atoms with E-state index in [-0.39, 0.29) is 0 Å². The quantitative estimate of drug-likeness (QED) is 0.229. The van der Waals surface area contributed by atoms with Gasteiger partial charge in [0.2, 0.25) is 0 Å². The van der Waals surface area contributed by atoms with Gasteiger partial charge >= 0.3 is 0 Å². The number of benzene rings is 3. The van der Waals surface area contributed by atoms with Crippen LogP contribution in [0.15, 0.2) is 60.7 Å². The fourth-order valence-corrected chi connectivity index (χ4v) is 4.34. The molecule has 0 aromatic heterocycles. The maximum atomic E-state index is 14.9. The molecule has 0 nitrogen and oxygen atoms in total. The molecule has 0 aliphatic heterocycles. The summed E-state index contributed by atoms with van der Waals surface area (Å²) in [6, 6.07) is 19.9. The SMILES string of the molecule is CCCCCCc1ccc(CCc2ccc(-c3ccc(CCCCC)cc3)c(F)c2F)cc1. The second-order valence-electron chi connectivity index (χ2n) is 9.18. The van der Waals surface area contributed by atoms with Crippen LogP contribution in [0.1, 0.15) is 81.0 Å². The molecule has 0 bridgehead atoms. The normalized spacial score (nSPS) is 11.2. The van der Waals surface area contributed by atoms with E-state index in [9.17, 15) is 8.78 Å². The van der Waals surface area contributed by atoms with Gasteiger partial charge < -0.3 is 0 Å². The van der Waals surface area contributed by atoms with E-state index in [1.54, 1.807) is 12.1 Å². The predicted molar refractivity (Wildman–Crippen MR) is 137 cm³/mol. The molecule has 0 aliphatic rings. The highest BCUT2D eigenvalue weighted by Crippen LogP contribution is 2.28. The number of rotatable bonds is 13. The maximum absolute atomic E-state index is 14.9. The molecule has 3 rings (SSSR count). The van der Waals surface area contributed by atoms with Crippen molar-refractivity contribution >= 4 is 0 Å². The minimum Gasteiger partial charge on any atom is -0.203 e. The molecule has 2 heteroatoms. The molecule has 3 aromatic carbocycles. The summed E-state index contributed by atoms with van der Waals surface area (Å²) in [6.45, 7) is 4.42. The first-order chi connectivity index (χ1) is 16.1. The zero-order valence-corrected chi connectivity index (χ0v) is 20.3. The Hall–Kier alpha value is -2.48. The molecule has 0 radical (unpaired) electrons. The van der Waals surface area contributed by atoms with Crippen molar-refractivity contribution in [3.05, 3.63) is 94.6 Å². The Kier molecular flexibility index (Phi) is 10.1. The van der Waals surface area contributed by atoms with Gasteiger partial charge in [0.25, 0.3) is 0 Å². The van der Waals surface area contributed by atoms with E-state index >= 15 is 0 Å². The zero-order valence-electron chi connectivity index (χ0n) is 20.3. The van der Waals surface area contributed by atoms with Crippen molar-refractivity contribution in [2.45, 2.75) is 84.5 Å². The fourth-order valence-electron chi connectivity index (χ4n) is 4.34. The van der Waals surface area contributed by atoms with Crippen LogP contribution in [0.25, 0.3) is 11.1 Å². The minimum absolute atomic E-state index is 0.337. The molecule has 0 heterocycles. The molecular weight excluding hydrogens is 410 g/mol. The van der Waals surface area contributed by atoms with Crippen molar-refractivity contribution in [2.24, 2.45) is 0 Å². The van der Waals surface area contributed by atoms with Crippen LogP contribution in [0.3, 0.4) is 0 Å². The van der Waals surface area contributed by atoms with E-state index in [0.717, 1.165) is 30.4 Å². The minimum atomic E-state index is -0.742. The predicted octanol–water partition coefficient (Wildman–Crippen LogP) is 9.27. The Morgan fingerprint density at radius 1 is 0.485 bits per heavy atom. The van der Waals surface area contributed by atoms with Gasteiger partial charge in [0.05, 0.1) is 0 Å². The molecule has 0 amide bonds. The van der Waals surface area contributed by atoms with Gasteiger partial charge in [0, 0.05) is 5.56 Å². The Morgan fingerprint density at radius 2 is 1.00 bits per heavy atom. The molecule has 176 valence electrons. The van der Waals surface area contributed by atoms with Crippen molar-refractivity contribution in [3.63, 3.8) is 0 Å². The Morgan fingerprint density at radius 3 is 1.61 bits per heavy atom. The molecule has 3 aromatic rings. The summed E-state index contributed by atoms with van der Waals surface area (Å²) in [6.07, 6.45) is 12.0. The second kappa shape index (κ2) is 13.3. The van der Waals surface area contributed by atoms with Gasteiger partial charge in [-0.3, -0.25) is 0 Å². The summed E-state index contributed by atoms with van der Waals surface area (Å²) >= 11 is 0. The lowest BCUT2D eigenvalue weighted by molar-refractivity contribution is 0.501. The van der Waals surface area contributed by atoms with Gasteiger partial charge in [-0.2, -0.15) is 0 Å². The van der Waals surface area contributed by atoms with Crippen molar-refractivity contribution in [1.29, 1.82) is 0 Å². The van der Waals surface area contributed by atoms with Crippen LogP contribution >= 0.6 is 0 Å². The second-order valence-corrected chi connectivity index (χ2v) is 9.18. The third-order valence-corrected chi connectivity index (χ3v) is 6.52. The number of halogens is 2. The summed E-state index contributed by atoms with van der Waals surface area (Å²) in [5.41, 5.74) is 5.27. The van der Waals surface area contributed by atoms with Gasteiger partial charge in [-0.15, -0.1) is 0 Å². The van der Waals surface area contributed by atoms with E-state index in [1.807, 2.05) is 24.3 Å². The van der Waals surface area contributed by atoms with Crippen LogP contribution in [0.5, 0.6) is 0 Å². The number of hydrogen-bond acceptors (Lipinski definition) is 0. The van der Waals surface area contributed by atoms with Gasteiger partial charge in [-0.25, -0.2) is 8.78 Å². The highest BCUT2D eigenvalue weighted by atomic mass is 19.2. The smallest absolute Gasteiger partial charge is 0.166 e. The molecule has 0 fully saturated rings. The average molecular weight is 449 g/mol. The fraction of sp³-hybridized carbons (Fsp3) is 0.419. The lowest BCUT2D eigenvalue weighted by atomic mass is 9.97. The summed E-state index contributed by atoms with van der Waals surface area (Å²) in [7, 11) is 0. The van der Waals surface area contributed by atoms with Crippen molar-refractivity contribution in [3.8, 4) is 11.1 Å². The van der Waals surface area contributed by atoms with Crippen LogP contribution in [-0.2, 0) is 25.7 Å². The third kappa shape index (κ3) is 7.52.